The van der Waals surface area contributed by atoms with Crippen molar-refractivity contribution in [2.24, 2.45) is 11.7 Å². The van der Waals surface area contributed by atoms with Crippen LogP contribution in [0.3, 0.4) is 0 Å². The molecule has 88 valence electrons. The van der Waals surface area contributed by atoms with Crippen LogP contribution < -0.4 is 5.73 Å². The van der Waals surface area contributed by atoms with Crippen LogP contribution in [0.2, 0.25) is 0 Å². The van der Waals surface area contributed by atoms with Crippen LogP contribution in [0.1, 0.15) is 12.8 Å². The van der Waals surface area contributed by atoms with Crippen LogP contribution in [-0.2, 0) is 14.6 Å². The van der Waals surface area contributed by atoms with Crippen molar-refractivity contribution in [3.63, 3.8) is 0 Å². The highest BCUT2D eigenvalue weighted by molar-refractivity contribution is 7.91. The summed E-state index contributed by atoms with van der Waals surface area (Å²) < 4.78 is 22.3. The molecule has 1 unspecified atom stereocenters. The molecule has 5 nitrogen and oxygen atoms in total. The third-order valence-corrected chi connectivity index (χ3v) is 4.52. The number of carbonyl (C=O) groups excluding carboxylic acids is 1. The average Bonchev–Trinajstić information content (AvgIpc) is 2.46. The van der Waals surface area contributed by atoms with Crippen LogP contribution in [0, 0.1) is 5.92 Å². The highest BCUT2D eigenvalue weighted by Crippen LogP contribution is 2.21. The lowest BCUT2D eigenvalue weighted by Gasteiger charge is -2.17. The lowest BCUT2D eigenvalue weighted by atomic mass is 10.0. The van der Waals surface area contributed by atoms with E-state index in [9.17, 15) is 13.2 Å². The standard InChI is InChI=1S/C9H18N2O3S/c1-11(4-3-10)9(12)6-8-2-5-15(13,14)7-8/h8H,2-7,10H2,1H3. The Morgan fingerprint density at radius 1 is 1.53 bits per heavy atom. The summed E-state index contributed by atoms with van der Waals surface area (Å²) >= 11 is 0. The Labute approximate surface area is 90.5 Å². The maximum absolute atomic E-state index is 11.6. The van der Waals surface area contributed by atoms with Gasteiger partial charge in [-0.25, -0.2) is 8.42 Å². The molecular formula is C9H18N2O3S. The van der Waals surface area contributed by atoms with E-state index >= 15 is 0 Å². The van der Waals surface area contributed by atoms with Gasteiger partial charge >= 0.3 is 0 Å². The largest absolute Gasteiger partial charge is 0.344 e. The van der Waals surface area contributed by atoms with Crippen LogP contribution in [0.4, 0.5) is 0 Å². The summed E-state index contributed by atoms with van der Waals surface area (Å²) in [7, 11) is -1.18. The lowest BCUT2D eigenvalue weighted by Crippen LogP contribution is -2.33. The third kappa shape index (κ3) is 3.79. The number of hydrogen-bond donors (Lipinski definition) is 1. The van der Waals surface area contributed by atoms with Gasteiger partial charge in [0.1, 0.15) is 0 Å². The van der Waals surface area contributed by atoms with Crippen molar-refractivity contribution >= 4 is 15.7 Å². The number of nitrogens with zero attached hydrogens (tertiary/aromatic N) is 1. The minimum Gasteiger partial charge on any atom is -0.344 e. The van der Waals surface area contributed by atoms with Crippen molar-refractivity contribution < 1.29 is 13.2 Å². The molecule has 0 bridgehead atoms. The zero-order valence-electron chi connectivity index (χ0n) is 8.98. The Kier molecular flexibility index (Phi) is 4.10. The summed E-state index contributed by atoms with van der Waals surface area (Å²) in [4.78, 5) is 13.1. The molecular weight excluding hydrogens is 216 g/mol. The first-order chi connectivity index (χ1) is 6.94. The number of likely N-dealkylation sites (N-methyl/N-ethyl adjacent to an activating group) is 1. The van der Waals surface area contributed by atoms with Crippen LogP contribution in [0.25, 0.3) is 0 Å². The normalized spacial score (nSPS) is 24.0. The first-order valence-corrected chi connectivity index (χ1v) is 6.91. The van der Waals surface area contributed by atoms with E-state index in [-0.39, 0.29) is 23.3 Å². The van der Waals surface area contributed by atoms with Crippen molar-refractivity contribution in [2.45, 2.75) is 12.8 Å². The fourth-order valence-electron chi connectivity index (χ4n) is 1.75. The van der Waals surface area contributed by atoms with Crippen LogP contribution in [-0.4, -0.2) is 50.9 Å². The molecule has 1 aliphatic rings. The fraction of sp³-hybridized carbons (Fsp3) is 0.889. The minimum atomic E-state index is -2.87. The Balaban J connectivity index is 2.40. The second-order valence-electron chi connectivity index (χ2n) is 4.08. The number of amides is 1. The molecule has 1 rings (SSSR count). The van der Waals surface area contributed by atoms with Gasteiger partial charge in [0.2, 0.25) is 5.91 Å². The second-order valence-corrected chi connectivity index (χ2v) is 6.31. The average molecular weight is 234 g/mol. The molecule has 1 heterocycles. The zero-order valence-corrected chi connectivity index (χ0v) is 9.79. The molecule has 0 aromatic rings. The van der Waals surface area contributed by atoms with Crippen LogP contribution in [0.5, 0.6) is 0 Å². The molecule has 0 aromatic heterocycles. The molecule has 0 spiro atoms. The summed E-state index contributed by atoms with van der Waals surface area (Å²) in [5, 5.41) is 0. The van der Waals surface area contributed by atoms with E-state index in [0.717, 1.165) is 0 Å². The molecule has 0 radical (unpaired) electrons. The molecule has 1 amide bonds. The topological polar surface area (TPSA) is 80.5 Å². The molecule has 1 aliphatic heterocycles. The predicted octanol–water partition coefficient (Wildman–Crippen LogP) is -0.772. The predicted molar refractivity (Wildman–Crippen MR) is 58.1 cm³/mol. The first kappa shape index (κ1) is 12.4. The summed E-state index contributed by atoms with van der Waals surface area (Å²) in [6, 6.07) is 0. The maximum Gasteiger partial charge on any atom is 0.222 e. The third-order valence-electron chi connectivity index (χ3n) is 2.68. The van der Waals surface area contributed by atoms with Crippen molar-refractivity contribution in [1.29, 1.82) is 0 Å². The molecule has 0 saturated carbocycles. The van der Waals surface area contributed by atoms with Crippen molar-refractivity contribution in [3.8, 4) is 0 Å². The fourth-order valence-corrected chi connectivity index (χ4v) is 3.62. The Morgan fingerprint density at radius 2 is 2.20 bits per heavy atom. The molecule has 1 atom stereocenters. The first-order valence-electron chi connectivity index (χ1n) is 5.09. The van der Waals surface area contributed by atoms with Gasteiger partial charge in [0.15, 0.2) is 9.84 Å². The van der Waals surface area contributed by atoms with Crippen molar-refractivity contribution in [1.82, 2.24) is 4.90 Å². The quantitative estimate of drug-likeness (QED) is 0.692. The van der Waals surface area contributed by atoms with E-state index in [0.29, 0.717) is 25.9 Å². The van der Waals surface area contributed by atoms with Gasteiger partial charge in [-0.2, -0.15) is 0 Å². The van der Waals surface area contributed by atoms with Gasteiger partial charge in [-0.3, -0.25) is 4.79 Å². The summed E-state index contributed by atoms with van der Waals surface area (Å²) in [6.07, 6.45) is 0.945. The Hall–Kier alpha value is -0.620. The van der Waals surface area contributed by atoms with E-state index in [4.69, 9.17) is 5.73 Å². The van der Waals surface area contributed by atoms with Crippen LogP contribution >= 0.6 is 0 Å². The van der Waals surface area contributed by atoms with E-state index in [1.54, 1.807) is 11.9 Å². The summed E-state index contributed by atoms with van der Waals surface area (Å²) in [6.45, 7) is 0.962. The second kappa shape index (κ2) is 4.94. The summed E-state index contributed by atoms with van der Waals surface area (Å²) in [5.41, 5.74) is 5.33. The molecule has 2 N–H and O–H groups in total. The van der Waals surface area contributed by atoms with E-state index in [1.165, 1.54) is 0 Å². The number of carbonyl (C=O) groups is 1. The van der Waals surface area contributed by atoms with Crippen molar-refractivity contribution in [2.75, 3.05) is 31.6 Å². The van der Waals surface area contributed by atoms with Gasteiger partial charge in [0.05, 0.1) is 11.5 Å². The molecule has 0 aliphatic carbocycles. The minimum absolute atomic E-state index is 0.00252. The highest BCUT2D eigenvalue weighted by atomic mass is 32.2. The van der Waals surface area contributed by atoms with Gasteiger partial charge < -0.3 is 10.6 Å². The van der Waals surface area contributed by atoms with E-state index < -0.39 is 9.84 Å². The van der Waals surface area contributed by atoms with E-state index in [1.807, 2.05) is 0 Å². The van der Waals surface area contributed by atoms with E-state index in [2.05, 4.69) is 0 Å². The number of hydrogen-bond acceptors (Lipinski definition) is 4. The molecule has 1 fully saturated rings. The lowest BCUT2D eigenvalue weighted by molar-refractivity contribution is -0.130. The van der Waals surface area contributed by atoms with Gasteiger partial charge in [0.25, 0.3) is 0 Å². The summed E-state index contributed by atoms with van der Waals surface area (Å²) in [5.74, 6) is 0.381. The zero-order chi connectivity index (χ0) is 11.5. The van der Waals surface area contributed by atoms with Gasteiger partial charge in [0, 0.05) is 26.6 Å². The number of sulfone groups is 1. The monoisotopic (exact) mass is 234 g/mol. The molecule has 15 heavy (non-hydrogen) atoms. The smallest absolute Gasteiger partial charge is 0.222 e. The maximum atomic E-state index is 11.6. The van der Waals surface area contributed by atoms with Gasteiger partial charge in [-0.1, -0.05) is 0 Å². The van der Waals surface area contributed by atoms with Crippen LogP contribution in [0.15, 0.2) is 0 Å². The van der Waals surface area contributed by atoms with Gasteiger partial charge in [-0.15, -0.1) is 0 Å². The Morgan fingerprint density at radius 3 is 2.67 bits per heavy atom. The molecule has 6 heteroatoms. The van der Waals surface area contributed by atoms with Crippen molar-refractivity contribution in [3.05, 3.63) is 0 Å². The molecule has 1 saturated heterocycles. The number of nitrogens with two attached hydrogens (primary N) is 1. The van der Waals surface area contributed by atoms with Gasteiger partial charge in [-0.05, 0) is 12.3 Å². The Bertz CT molecular complexity index is 326. The molecule has 0 aromatic carbocycles. The SMILES string of the molecule is CN(CCN)C(=O)CC1CCS(=O)(=O)C1. The highest BCUT2D eigenvalue weighted by Gasteiger charge is 2.29. The number of rotatable bonds is 4.